The number of esters is 1. The minimum atomic E-state index is -0.505. The van der Waals surface area contributed by atoms with Crippen LogP contribution in [-0.4, -0.2) is 38.1 Å². The predicted molar refractivity (Wildman–Crippen MR) is 111 cm³/mol. The molecular weight excluding hydrogens is 382 g/mol. The summed E-state index contributed by atoms with van der Waals surface area (Å²) in [6, 6.07) is 16.7. The van der Waals surface area contributed by atoms with Crippen molar-refractivity contribution in [2.75, 3.05) is 25.2 Å². The van der Waals surface area contributed by atoms with E-state index in [2.05, 4.69) is 12.1 Å². The number of methoxy groups -OCH3 is 1. The summed E-state index contributed by atoms with van der Waals surface area (Å²) in [5.41, 5.74) is 1.95. The highest BCUT2D eigenvalue weighted by atomic mass is 16.6. The van der Waals surface area contributed by atoms with Crippen LogP contribution in [0.15, 0.2) is 54.6 Å². The van der Waals surface area contributed by atoms with E-state index in [4.69, 9.17) is 9.47 Å². The number of rotatable bonds is 6. The summed E-state index contributed by atoms with van der Waals surface area (Å²) in [7, 11) is 1.53. The first-order valence-electron chi connectivity index (χ1n) is 10.3. The normalized spacial score (nSPS) is 23.4. The zero-order valence-electron chi connectivity index (χ0n) is 17.0. The molecule has 2 fully saturated rings. The SMILES string of the molecule is COCCOC(=O)c1cccc(N2C(=O)C3CCC(c4ccccc4)CC3C2=O)c1. The van der Waals surface area contributed by atoms with Gasteiger partial charge in [-0.1, -0.05) is 36.4 Å². The third-order valence-electron chi connectivity index (χ3n) is 6.06. The van der Waals surface area contributed by atoms with Crippen molar-refractivity contribution < 1.29 is 23.9 Å². The Balaban J connectivity index is 1.52. The van der Waals surface area contributed by atoms with Crippen LogP contribution in [-0.2, 0) is 19.1 Å². The van der Waals surface area contributed by atoms with Crippen LogP contribution in [0.25, 0.3) is 0 Å². The number of benzene rings is 2. The van der Waals surface area contributed by atoms with Gasteiger partial charge in [0.1, 0.15) is 6.61 Å². The van der Waals surface area contributed by atoms with Gasteiger partial charge in [-0.3, -0.25) is 14.5 Å². The zero-order valence-corrected chi connectivity index (χ0v) is 17.0. The average Bonchev–Trinajstić information content (AvgIpc) is 3.04. The largest absolute Gasteiger partial charge is 0.460 e. The molecule has 0 radical (unpaired) electrons. The van der Waals surface area contributed by atoms with Crippen LogP contribution >= 0.6 is 0 Å². The molecule has 0 spiro atoms. The number of carbonyl (C=O) groups excluding carboxylic acids is 3. The fourth-order valence-corrected chi connectivity index (χ4v) is 4.53. The van der Waals surface area contributed by atoms with Crippen molar-refractivity contribution in [2.45, 2.75) is 25.2 Å². The van der Waals surface area contributed by atoms with Gasteiger partial charge >= 0.3 is 5.97 Å². The lowest BCUT2D eigenvalue weighted by molar-refractivity contribution is -0.122. The van der Waals surface area contributed by atoms with E-state index in [0.29, 0.717) is 30.7 Å². The summed E-state index contributed by atoms with van der Waals surface area (Å²) >= 11 is 0. The van der Waals surface area contributed by atoms with Crippen LogP contribution in [0.3, 0.4) is 0 Å². The molecule has 1 aliphatic carbocycles. The maximum Gasteiger partial charge on any atom is 0.338 e. The second-order valence-corrected chi connectivity index (χ2v) is 7.82. The smallest absolute Gasteiger partial charge is 0.338 e. The Kier molecular flexibility index (Phi) is 5.95. The summed E-state index contributed by atoms with van der Waals surface area (Å²) in [5, 5.41) is 0. The summed E-state index contributed by atoms with van der Waals surface area (Å²) in [4.78, 5) is 39.7. The Labute approximate surface area is 175 Å². The molecule has 0 N–H and O–H groups in total. The summed E-state index contributed by atoms with van der Waals surface area (Å²) < 4.78 is 10.0. The molecule has 3 atom stereocenters. The number of imide groups is 1. The summed E-state index contributed by atoms with van der Waals surface area (Å²) in [6.07, 6.45) is 2.27. The van der Waals surface area contributed by atoms with Crippen LogP contribution in [0.2, 0.25) is 0 Å². The number of nitrogens with zero attached hydrogens (tertiary/aromatic N) is 1. The molecular formula is C24H25NO5. The molecule has 156 valence electrons. The summed E-state index contributed by atoms with van der Waals surface area (Å²) in [6.45, 7) is 0.451. The highest BCUT2D eigenvalue weighted by Gasteiger charge is 2.50. The fourth-order valence-electron chi connectivity index (χ4n) is 4.53. The Morgan fingerprint density at radius 3 is 2.50 bits per heavy atom. The van der Waals surface area contributed by atoms with Crippen molar-refractivity contribution >= 4 is 23.5 Å². The molecule has 4 rings (SSSR count). The van der Waals surface area contributed by atoms with Gasteiger partial charge < -0.3 is 9.47 Å². The van der Waals surface area contributed by atoms with Gasteiger partial charge in [0.05, 0.1) is 29.7 Å². The standard InChI is InChI=1S/C24H25NO5/c1-29-12-13-30-24(28)18-8-5-9-19(14-18)25-22(26)20-11-10-17(15-21(20)23(25)27)16-6-3-2-4-7-16/h2-9,14,17,20-21H,10-13,15H2,1H3. The molecule has 0 bridgehead atoms. The average molecular weight is 407 g/mol. The third kappa shape index (κ3) is 3.87. The number of amides is 2. The second-order valence-electron chi connectivity index (χ2n) is 7.82. The van der Waals surface area contributed by atoms with E-state index in [1.54, 1.807) is 24.3 Å². The molecule has 1 saturated heterocycles. The first-order chi connectivity index (χ1) is 14.6. The number of carbonyl (C=O) groups is 3. The second kappa shape index (κ2) is 8.79. The highest BCUT2D eigenvalue weighted by Crippen LogP contribution is 2.45. The lowest BCUT2D eigenvalue weighted by Gasteiger charge is -2.28. The van der Waals surface area contributed by atoms with Crippen molar-refractivity contribution in [1.82, 2.24) is 0 Å². The van der Waals surface area contributed by atoms with Gasteiger partial charge in [0.25, 0.3) is 0 Å². The molecule has 0 aromatic heterocycles. The quantitative estimate of drug-likeness (QED) is 0.416. The Morgan fingerprint density at radius 2 is 1.73 bits per heavy atom. The van der Waals surface area contributed by atoms with E-state index in [-0.39, 0.29) is 36.2 Å². The molecule has 1 heterocycles. The molecule has 2 aromatic carbocycles. The maximum absolute atomic E-state index is 13.2. The van der Waals surface area contributed by atoms with Crippen LogP contribution in [0, 0.1) is 11.8 Å². The van der Waals surface area contributed by atoms with E-state index in [1.165, 1.54) is 17.6 Å². The van der Waals surface area contributed by atoms with Crippen molar-refractivity contribution in [3.63, 3.8) is 0 Å². The van der Waals surface area contributed by atoms with Gasteiger partial charge in [0.15, 0.2) is 0 Å². The Bertz CT molecular complexity index is 942. The van der Waals surface area contributed by atoms with Crippen molar-refractivity contribution in [2.24, 2.45) is 11.8 Å². The lowest BCUT2D eigenvalue weighted by Crippen LogP contribution is -2.31. The van der Waals surface area contributed by atoms with E-state index in [1.807, 2.05) is 18.2 Å². The predicted octanol–water partition coefficient (Wildman–Crippen LogP) is 3.56. The molecule has 6 heteroatoms. The highest BCUT2D eigenvalue weighted by molar-refractivity contribution is 6.22. The lowest BCUT2D eigenvalue weighted by atomic mass is 9.73. The van der Waals surface area contributed by atoms with Crippen LogP contribution < -0.4 is 4.90 Å². The monoisotopic (exact) mass is 407 g/mol. The topological polar surface area (TPSA) is 72.9 Å². The van der Waals surface area contributed by atoms with Gasteiger partial charge in [-0.05, 0) is 48.9 Å². The Morgan fingerprint density at radius 1 is 0.967 bits per heavy atom. The van der Waals surface area contributed by atoms with E-state index >= 15 is 0 Å². The first-order valence-corrected chi connectivity index (χ1v) is 10.3. The number of hydrogen-bond acceptors (Lipinski definition) is 5. The van der Waals surface area contributed by atoms with Crippen molar-refractivity contribution in [1.29, 1.82) is 0 Å². The molecule has 2 amide bonds. The minimum Gasteiger partial charge on any atom is -0.460 e. The molecule has 3 unspecified atom stereocenters. The molecule has 30 heavy (non-hydrogen) atoms. The van der Waals surface area contributed by atoms with Crippen LogP contribution in [0.4, 0.5) is 5.69 Å². The van der Waals surface area contributed by atoms with Gasteiger partial charge in [-0.25, -0.2) is 4.79 Å². The molecule has 1 aliphatic heterocycles. The van der Waals surface area contributed by atoms with Crippen LogP contribution in [0.5, 0.6) is 0 Å². The van der Waals surface area contributed by atoms with E-state index in [9.17, 15) is 14.4 Å². The van der Waals surface area contributed by atoms with Gasteiger partial charge in [0, 0.05) is 7.11 Å². The molecule has 2 aromatic rings. The number of fused-ring (bicyclic) bond motifs is 1. The molecule has 6 nitrogen and oxygen atoms in total. The molecule has 2 aliphatic rings. The fraction of sp³-hybridized carbons (Fsp3) is 0.375. The number of ether oxygens (including phenoxy) is 2. The Hall–Kier alpha value is -2.99. The third-order valence-corrected chi connectivity index (χ3v) is 6.06. The number of hydrogen-bond donors (Lipinski definition) is 0. The first kappa shape index (κ1) is 20.3. The van der Waals surface area contributed by atoms with Gasteiger partial charge in [-0.2, -0.15) is 0 Å². The minimum absolute atomic E-state index is 0.145. The van der Waals surface area contributed by atoms with Crippen molar-refractivity contribution in [3.8, 4) is 0 Å². The molecule has 1 saturated carbocycles. The van der Waals surface area contributed by atoms with E-state index < -0.39 is 5.97 Å². The van der Waals surface area contributed by atoms with Crippen LogP contribution in [0.1, 0.15) is 41.1 Å². The van der Waals surface area contributed by atoms with Crippen molar-refractivity contribution in [3.05, 3.63) is 65.7 Å². The van der Waals surface area contributed by atoms with E-state index in [0.717, 1.165) is 6.42 Å². The van der Waals surface area contributed by atoms with Gasteiger partial charge in [-0.15, -0.1) is 0 Å². The summed E-state index contributed by atoms with van der Waals surface area (Å²) in [5.74, 6) is -1.15. The van der Waals surface area contributed by atoms with Gasteiger partial charge in [0.2, 0.25) is 11.8 Å². The number of anilines is 1. The maximum atomic E-state index is 13.2. The zero-order chi connectivity index (χ0) is 21.1.